The van der Waals surface area contributed by atoms with E-state index in [-0.39, 0.29) is 23.3 Å². The number of carbonyl (C=O) groups excluding carboxylic acids is 1. The molecule has 0 N–H and O–H groups in total. The second-order valence-electron chi connectivity index (χ2n) is 5.97. The number of hydrogen-bond donors (Lipinski definition) is 0. The van der Waals surface area contributed by atoms with Crippen molar-refractivity contribution in [1.82, 2.24) is 4.90 Å². The number of amides is 1. The van der Waals surface area contributed by atoms with Gasteiger partial charge in [-0.1, -0.05) is 24.3 Å². The minimum Gasteiger partial charge on any atom is -0.338 e. The van der Waals surface area contributed by atoms with E-state index in [0.29, 0.717) is 19.5 Å². The van der Waals surface area contributed by atoms with Crippen molar-refractivity contribution in [3.05, 3.63) is 57.8 Å². The summed E-state index contributed by atoms with van der Waals surface area (Å²) >= 11 is 1.58. The third kappa shape index (κ3) is 3.48. The number of nitrogens with zero attached hydrogens (tertiary/aromatic N) is 1. The van der Waals surface area contributed by atoms with Crippen molar-refractivity contribution in [2.24, 2.45) is 5.92 Å². The zero-order chi connectivity index (χ0) is 17.3. The second kappa shape index (κ2) is 6.59. The molecule has 3 rings (SSSR count). The number of carbonyl (C=O) groups is 1. The lowest BCUT2D eigenvalue weighted by atomic mass is 10.0. The molecular weight excluding hydrogens is 335 g/mol. The Labute approximate surface area is 142 Å². The van der Waals surface area contributed by atoms with E-state index < -0.39 is 11.7 Å². The fourth-order valence-corrected chi connectivity index (χ4v) is 3.78. The molecule has 1 aliphatic rings. The first-order chi connectivity index (χ1) is 11.4. The Morgan fingerprint density at radius 2 is 2.00 bits per heavy atom. The molecular formula is C18H18F3NOS. The summed E-state index contributed by atoms with van der Waals surface area (Å²) in [5.74, 6) is -0.714. The Bertz CT molecular complexity index is 711. The largest absolute Gasteiger partial charge is 0.416 e. The van der Waals surface area contributed by atoms with Gasteiger partial charge in [0.05, 0.1) is 12.1 Å². The molecule has 128 valence electrons. The van der Waals surface area contributed by atoms with Gasteiger partial charge in [-0.25, -0.2) is 0 Å². The Hall–Kier alpha value is -1.82. The van der Waals surface area contributed by atoms with Crippen molar-refractivity contribution in [1.29, 1.82) is 0 Å². The van der Waals surface area contributed by atoms with Crippen LogP contribution in [-0.2, 0) is 17.5 Å². The van der Waals surface area contributed by atoms with Crippen LogP contribution in [0.15, 0.2) is 41.8 Å². The zero-order valence-corrected chi connectivity index (χ0v) is 14.0. The van der Waals surface area contributed by atoms with Crippen LogP contribution in [-0.4, -0.2) is 17.4 Å². The molecule has 1 aliphatic carbocycles. The standard InChI is InChI=1S/C18H18F3NOS/c1-2-22(11-12-6-5-9-24-12)17(23)15-10-14(15)13-7-3-4-8-16(13)18(19,20)21/h3-9,14-15H,2,10-11H2,1H3. The van der Waals surface area contributed by atoms with Crippen LogP contribution in [0.4, 0.5) is 13.2 Å². The predicted molar refractivity (Wildman–Crippen MR) is 87.7 cm³/mol. The zero-order valence-electron chi connectivity index (χ0n) is 13.2. The van der Waals surface area contributed by atoms with Crippen LogP contribution in [0.1, 0.15) is 35.3 Å². The summed E-state index contributed by atoms with van der Waals surface area (Å²) in [6, 6.07) is 9.48. The van der Waals surface area contributed by atoms with Gasteiger partial charge in [0.15, 0.2) is 0 Å². The summed E-state index contributed by atoms with van der Waals surface area (Å²) in [7, 11) is 0. The van der Waals surface area contributed by atoms with Crippen molar-refractivity contribution in [3.8, 4) is 0 Å². The normalized spacial score (nSPS) is 20.0. The van der Waals surface area contributed by atoms with Crippen molar-refractivity contribution in [2.75, 3.05) is 6.54 Å². The summed E-state index contributed by atoms with van der Waals surface area (Å²) in [4.78, 5) is 15.5. The number of benzene rings is 1. The van der Waals surface area contributed by atoms with Crippen molar-refractivity contribution >= 4 is 17.2 Å². The first-order valence-corrected chi connectivity index (χ1v) is 8.77. The molecule has 2 atom stereocenters. The maximum atomic E-state index is 13.1. The minimum absolute atomic E-state index is 0.0483. The molecule has 1 fully saturated rings. The summed E-state index contributed by atoms with van der Waals surface area (Å²) in [5.41, 5.74) is -0.373. The molecule has 2 unspecified atom stereocenters. The van der Waals surface area contributed by atoms with E-state index >= 15 is 0 Å². The van der Waals surface area contributed by atoms with Gasteiger partial charge in [-0.15, -0.1) is 11.3 Å². The van der Waals surface area contributed by atoms with Crippen molar-refractivity contribution < 1.29 is 18.0 Å². The van der Waals surface area contributed by atoms with E-state index in [1.807, 2.05) is 24.4 Å². The van der Waals surface area contributed by atoms with E-state index in [0.717, 1.165) is 10.9 Å². The van der Waals surface area contributed by atoms with Crippen LogP contribution in [0.5, 0.6) is 0 Å². The predicted octanol–water partition coefficient (Wildman–Crippen LogP) is 4.92. The maximum absolute atomic E-state index is 13.1. The highest BCUT2D eigenvalue weighted by atomic mass is 32.1. The average Bonchev–Trinajstić information content (AvgIpc) is 3.19. The van der Waals surface area contributed by atoms with Crippen LogP contribution in [0, 0.1) is 5.92 Å². The molecule has 1 aromatic heterocycles. The molecule has 1 aromatic carbocycles. The second-order valence-corrected chi connectivity index (χ2v) is 7.00. The SMILES string of the molecule is CCN(Cc1cccs1)C(=O)C1CC1c1ccccc1C(F)(F)F. The lowest BCUT2D eigenvalue weighted by Gasteiger charge is -2.20. The highest BCUT2D eigenvalue weighted by Gasteiger charge is 2.48. The van der Waals surface area contributed by atoms with E-state index in [1.165, 1.54) is 12.1 Å². The fraction of sp³-hybridized carbons (Fsp3) is 0.389. The van der Waals surface area contributed by atoms with Gasteiger partial charge in [-0.3, -0.25) is 4.79 Å². The summed E-state index contributed by atoms with van der Waals surface area (Å²) in [6.07, 6.45) is -3.89. The third-order valence-corrected chi connectivity index (χ3v) is 5.25. The van der Waals surface area contributed by atoms with Gasteiger partial charge in [0.1, 0.15) is 0 Å². The quantitative estimate of drug-likeness (QED) is 0.747. The molecule has 6 heteroatoms. The van der Waals surface area contributed by atoms with Gasteiger partial charge in [-0.05, 0) is 42.3 Å². The number of rotatable bonds is 5. The lowest BCUT2D eigenvalue weighted by molar-refractivity contribution is -0.138. The van der Waals surface area contributed by atoms with Crippen LogP contribution in [0.3, 0.4) is 0 Å². The molecule has 0 aliphatic heterocycles. The van der Waals surface area contributed by atoms with Crippen LogP contribution in [0.25, 0.3) is 0 Å². The Morgan fingerprint density at radius 1 is 1.25 bits per heavy atom. The van der Waals surface area contributed by atoms with Crippen LogP contribution >= 0.6 is 11.3 Å². The summed E-state index contributed by atoms with van der Waals surface area (Å²) in [6.45, 7) is 2.98. The summed E-state index contributed by atoms with van der Waals surface area (Å²) in [5, 5.41) is 1.95. The van der Waals surface area contributed by atoms with Crippen molar-refractivity contribution in [3.63, 3.8) is 0 Å². The molecule has 24 heavy (non-hydrogen) atoms. The van der Waals surface area contributed by atoms with Crippen LogP contribution in [0.2, 0.25) is 0 Å². The number of hydrogen-bond acceptors (Lipinski definition) is 2. The first-order valence-electron chi connectivity index (χ1n) is 7.89. The topological polar surface area (TPSA) is 20.3 Å². The van der Waals surface area contributed by atoms with Gasteiger partial charge in [0, 0.05) is 17.3 Å². The molecule has 2 aromatic rings. The number of alkyl halides is 3. The summed E-state index contributed by atoms with van der Waals surface area (Å²) < 4.78 is 39.4. The first kappa shape index (κ1) is 17.0. The molecule has 2 nitrogen and oxygen atoms in total. The van der Waals surface area contributed by atoms with Gasteiger partial charge >= 0.3 is 6.18 Å². The van der Waals surface area contributed by atoms with E-state index in [1.54, 1.807) is 22.3 Å². The van der Waals surface area contributed by atoms with Crippen LogP contribution < -0.4 is 0 Å². The average molecular weight is 353 g/mol. The molecule has 0 bridgehead atoms. The van der Waals surface area contributed by atoms with Crippen molar-refractivity contribution in [2.45, 2.75) is 32.0 Å². The molecule has 0 saturated heterocycles. The Balaban J connectivity index is 1.74. The molecule has 0 spiro atoms. The monoisotopic (exact) mass is 353 g/mol. The lowest BCUT2D eigenvalue weighted by Crippen LogP contribution is -2.31. The highest BCUT2D eigenvalue weighted by Crippen LogP contribution is 2.51. The van der Waals surface area contributed by atoms with E-state index in [9.17, 15) is 18.0 Å². The Morgan fingerprint density at radius 3 is 2.62 bits per heavy atom. The van der Waals surface area contributed by atoms with Gasteiger partial charge < -0.3 is 4.90 Å². The van der Waals surface area contributed by atoms with Gasteiger partial charge in [0.2, 0.25) is 5.91 Å². The molecule has 0 radical (unpaired) electrons. The molecule has 1 saturated carbocycles. The smallest absolute Gasteiger partial charge is 0.338 e. The number of thiophene rings is 1. The number of halogens is 3. The maximum Gasteiger partial charge on any atom is 0.416 e. The third-order valence-electron chi connectivity index (χ3n) is 4.39. The van der Waals surface area contributed by atoms with E-state index in [2.05, 4.69) is 0 Å². The molecule has 1 heterocycles. The fourth-order valence-electron chi connectivity index (χ4n) is 3.06. The molecule has 1 amide bonds. The highest BCUT2D eigenvalue weighted by molar-refractivity contribution is 7.09. The van der Waals surface area contributed by atoms with Gasteiger partial charge in [-0.2, -0.15) is 13.2 Å². The van der Waals surface area contributed by atoms with Gasteiger partial charge in [0.25, 0.3) is 0 Å². The minimum atomic E-state index is -4.38. The Kier molecular flexibility index (Phi) is 4.67. The van der Waals surface area contributed by atoms with E-state index in [4.69, 9.17) is 0 Å².